The van der Waals surface area contributed by atoms with Crippen LogP contribution in [0, 0.1) is 25.2 Å². The number of carbonyl (C=O) groups is 2. The van der Waals surface area contributed by atoms with Crippen molar-refractivity contribution in [3.63, 3.8) is 0 Å². The molecule has 3 heterocycles. The van der Waals surface area contributed by atoms with E-state index < -0.39 is 0 Å². The monoisotopic (exact) mass is 553 g/mol. The van der Waals surface area contributed by atoms with Gasteiger partial charge >= 0.3 is 0 Å². The molecular formula is C34H43N5O2. The number of benzene rings is 2. The number of rotatable bonds is 4. The average Bonchev–Trinajstić information content (AvgIpc) is 3.42. The van der Waals surface area contributed by atoms with Crippen LogP contribution in [0.5, 0.6) is 0 Å². The van der Waals surface area contributed by atoms with E-state index in [9.17, 15) is 9.59 Å². The molecule has 5 rings (SSSR count). The van der Waals surface area contributed by atoms with Crippen molar-refractivity contribution >= 4 is 11.8 Å². The molecule has 1 aromatic heterocycles. The van der Waals surface area contributed by atoms with Gasteiger partial charge in [0.15, 0.2) is 0 Å². The first kappa shape index (κ1) is 30.0. The van der Waals surface area contributed by atoms with Crippen molar-refractivity contribution in [1.82, 2.24) is 19.8 Å². The van der Waals surface area contributed by atoms with Crippen LogP contribution in [0.2, 0.25) is 0 Å². The van der Waals surface area contributed by atoms with Crippen LogP contribution in [-0.2, 0) is 16.8 Å². The van der Waals surface area contributed by atoms with Crippen LogP contribution in [0.1, 0.15) is 104 Å². The topological polar surface area (TPSA) is 93.1 Å². The Kier molecular flexibility index (Phi) is 9.01. The molecule has 0 unspecified atom stereocenters. The molecule has 2 aliphatic heterocycles. The van der Waals surface area contributed by atoms with Crippen molar-refractivity contribution in [3.8, 4) is 17.5 Å². The molecule has 7 nitrogen and oxygen atoms in total. The fraction of sp³-hybridized carbons (Fsp3) is 0.471. The molecule has 0 bridgehead atoms. The normalized spacial score (nSPS) is 16.3. The summed E-state index contributed by atoms with van der Waals surface area (Å²) in [6.45, 7) is 16.8. The highest BCUT2D eigenvalue weighted by Gasteiger charge is 2.37. The molecule has 3 aromatic rings. The molecule has 2 amide bonds. The highest BCUT2D eigenvalue weighted by Crippen LogP contribution is 2.36. The van der Waals surface area contributed by atoms with Gasteiger partial charge in [0.05, 0.1) is 29.6 Å². The lowest BCUT2D eigenvalue weighted by Crippen LogP contribution is -2.45. The number of aromatic nitrogens is 2. The van der Waals surface area contributed by atoms with Crippen molar-refractivity contribution in [2.75, 3.05) is 19.6 Å². The number of amides is 2. The predicted octanol–water partition coefficient (Wildman–Crippen LogP) is 6.64. The largest absolute Gasteiger partial charge is 0.340 e. The number of hydrogen-bond donors (Lipinski definition) is 1. The van der Waals surface area contributed by atoms with Crippen LogP contribution in [0.4, 0.5) is 0 Å². The Morgan fingerprint density at radius 3 is 2.32 bits per heavy atom. The van der Waals surface area contributed by atoms with E-state index in [0.29, 0.717) is 49.6 Å². The number of likely N-dealkylation sites (tertiary alicyclic amines) is 1. The summed E-state index contributed by atoms with van der Waals surface area (Å²) in [5, 5.41) is 9.07. The van der Waals surface area contributed by atoms with Gasteiger partial charge in [0.25, 0.3) is 5.91 Å². The summed E-state index contributed by atoms with van der Waals surface area (Å²) in [5.74, 6) is 1.36. The van der Waals surface area contributed by atoms with Gasteiger partial charge < -0.3 is 14.8 Å². The van der Waals surface area contributed by atoms with Crippen molar-refractivity contribution in [2.45, 2.75) is 85.6 Å². The van der Waals surface area contributed by atoms with Gasteiger partial charge in [0.1, 0.15) is 5.82 Å². The standard InChI is InChI=1S/C32H37N5O2.C2H6/c1-6-28(38)37-18-27-29(32(4,5)19-37)35-30(34-27)25-16-26(21(3)15-20(25)2)31(39)36-13-11-24(12-14-36)23-9-7-22(17-33)8-10-23;1-2/h7-10,15-16,24H,6,11-14,18-19H2,1-5H3,(H,34,35);1-2H3. The van der Waals surface area contributed by atoms with Gasteiger partial charge in [-0.3, -0.25) is 9.59 Å². The molecule has 41 heavy (non-hydrogen) atoms. The molecule has 0 spiro atoms. The van der Waals surface area contributed by atoms with E-state index in [-0.39, 0.29) is 17.2 Å². The molecule has 2 aliphatic rings. The number of nitrogens with zero attached hydrogens (tertiary/aromatic N) is 4. The number of aryl methyl sites for hydroxylation is 2. The van der Waals surface area contributed by atoms with Crippen LogP contribution in [0.15, 0.2) is 36.4 Å². The predicted molar refractivity (Wildman–Crippen MR) is 163 cm³/mol. The van der Waals surface area contributed by atoms with Gasteiger partial charge in [0, 0.05) is 42.6 Å². The molecule has 1 saturated heterocycles. The third-order valence-electron chi connectivity index (χ3n) is 8.36. The second-order valence-corrected chi connectivity index (χ2v) is 11.7. The lowest BCUT2D eigenvalue weighted by Gasteiger charge is -2.36. The minimum absolute atomic E-state index is 0.0587. The van der Waals surface area contributed by atoms with E-state index in [4.69, 9.17) is 10.2 Å². The van der Waals surface area contributed by atoms with Crippen molar-refractivity contribution in [2.24, 2.45) is 0 Å². The summed E-state index contributed by atoms with van der Waals surface area (Å²) < 4.78 is 0. The zero-order chi connectivity index (χ0) is 29.9. The molecule has 0 atom stereocenters. The third kappa shape index (κ3) is 6.07. The summed E-state index contributed by atoms with van der Waals surface area (Å²) >= 11 is 0. The Labute approximate surface area is 244 Å². The van der Waals surface area contributed by atoms with E-state index in [1.165, 1.54) is 5.56 Å². The molecule has 0 radical (unpaired) electrons. The lowest BCUT2D eigenvalue weighted by atomic mass is 9.84. The molecule has 2 aromatic carbocycles. The number of fused-ring (bicyclic) bond motifs is 1. The fourth-order valence-corrected chi connectivity index (χ4v) is 6.16. The van der Waals surface area contributed by atoms with E-state index in [1.807, 2.05) is 67.8 Å². The smallest absolute Gasteiger partial charge is 0.254 e. The van der Waals surface area contributed by atoms with Gasteiger partial charge in [0.2, 0.25) is 5.91 Å². The van der Waals surface area contributed by atoms with Gasteiger partial charge in [-0.2, -0.15) is 5.26 Å². The SMILES string of the molecule is CC.CCC(=O)N1Cc2[nH]c(-c3cc(C(=O)N4CCC(c5ccc(C#N)cc5)CC4)c(C)cc3C)nc2C(C)(C)C1. The Hall–Kier alpha value is -3.92. The van der Waals surface area contributed by atoms with E-state index >= 15 is 0 Å². The molecule has 0 saturated carbocycles. The second kappa shape index (κ2) is 12.3. The van der Waals surface area contributed by atoms with E-state index in [1.54, 1.807) is 0 Å². The lowest BCUT2D eigenvalue weighted by molar-refractivity contribution is -0.132. The number of piperidine rings is 1. The van der Waals surface area contributed by atoms with Crippen LogP contribution in [0.3, 0.4) is 0 Å². The highest BCUT2D eigenvalue weighted by atomic mass is 16.2. The number of nitrogens with one attached hydrogen (secondary N) is 1. The minimum atomic E-state index is -0.260. The van der Waals surface area contributed by atoms with Crippen LogP contribution >= 0.6 is 0 Å². The first-order chi connectivity index (χ1) is 19.6. The highest BCUT2D eigenvalue weighted by molar-refractivity contribution is 5.97. The summed E-state index contributed by atoms with van der Waals surface area (Å²) in [4.78, 5) is 38.6. The summed E-state index contributed by atoms with van der Waals surface area (Å²) in [6, 6.07) is 14.1. The molecule has 7 heteroatoms. The van der Waals surface area contributed by atoms with Crippen molar-refractivity contribution in [1.29, 1.82) is 5.26 Å². The molecule has 1 fully saturated rings. The van der Waals surface area contributed by atoms with Gasteiger partial charge in [-0.15, -0.1) is 0 Å². The molecule has 1 N–H and O–H groups in total. The maximum absolute atomic E-state index is 13.7. The van der Waals surface area contributed by atoms with Crippen molar-refractivity contribution in [3.05, 3.63) is 75.6 Å². The van der Waals surface area contributed by atoms with Crippen LogP contribution < -0.4 is 0 Å². The van der Waals surface area contributed by atoms with Crippen LogP contribution in [-0.4, -0.2) is 51.2 Å². The number of hydrogen-bond acceptors (Lipinski definition) is 4. The van der Waals surface area contributed by atoms with Gasteiger partial charge in [-0.1, -0.05) is 52.8 Å². The summed E-state index contributed by atoms with van der Waals surface area (Å²) in [7, 11) is 0. The van der Waals surface area contributed by atoms with Gasteiger partial charge in [-0.25, -0.2) is 4.98 Å². The summed E-state index contributed by atoms with van der Waals surface area (Å²) in [5.41, 5.74) is 7.28. The maximum Gasteiger partial charge on any atom is 0.254 e. The van der Waals surface area contributed by atoms with Gasteiger partial charge in [-0.05, 0) is 67.5 Å². The quantitative estimate of drug-likeness (QED) is 0.392. The summed E-state index contributed by atoms with van der Waals surface area (Å²) in [6.07, 6.45) is 2.30. The van der Waals surface area contributed by atoms with E-state index in [0.717, 1.165) is 46.7 Å². The number of nitriles is 1. The van der Waals surface area contributed by atoms with Crippen molar-refractivity contribution < 1.29 is 9.59 Å². The Morgan fingerprint density at radius 2 is 1.71 bits per heavy atom. The number of carbonyl (C=O) groups excluding carboxylic acids is 2. The Bertz CT molecular complexity index is 1450. The first-order valence-electron chi connectivity index (χ1n) is 14.9. The zero-order valence-corrected chi connectivity index (χ0v) is 25.6. The zero-order valence-electron chi connectivity index (χ0n) is 25.6. The second-order valence-electron chi connectivity index (χ2n) is 11.7. The maximum atomic E-state index is 13.7. The number of H-pyrrole nitrogens is 1. The fourth-order valence-electron chi connectivity index (χ4n) is 6.16. The third-order valence-corrected chi connectivity index (χ3v) is 8.36. The average molecular weight is 554 g/mol. The minimum Gasteiger partial charge on any atom is -0.340 e. The van der Waals surface area contributed by atoms with E-state index in [2.05, 4.69) is 37.9 Å². The molecule has 216 valence electrons. The Morgan fingerprint density at radius 1 is 1.05 bits per heavy atom. The van der Waals surface area contributed by atoms with Crippen LogP contribution in [0.25, 0.3) is 11.4 Å². The molecular weight excluding hydrogens is 510 g/mol. The number of aromatic amines is 1. The number of imidazole rings is 1. The Balaban J connectivity index is 0.00000189. The first-order valence-corrected chi connectivity index (χ1v) is 14.9. The molecule has 0 aliphatic carbocycles.